The molecule has 0 heterocycles. The molecule has 1 N–H and O–H groups in total. The van der Waals surface area contributed by atoms with Crippen molar-refractivity contribution >= 4 is 34.2 Å². The number of carbonyl (C=O) groups is 1. The van der Waals surface area contributed by atoms with Crippen LogP contribution in [0.25, 0.3) is 0 Å². The lowest BCUT2D eigenvalue weighted by Crippen LogP contribution is -2.20. The average Bonchev–Trinajstić information content (AvgIpc) is 2.35. The Bertz CT molecular complexity index is 614. The first-order chi connectivity index (χ1) is 9.52. The zero-order chi connectivity index (χ0) is 14.5. The third-order valence-electron chi connectivity index (χ3n) is 2.31. The molecule has 0 atom stereocenters. The average molecular weight is 389 g/mol. The van der Waals surface area contributed by atoms with Crippen LogP contribution in [0.3, 0.4) is 0 Å². The summed E-state index contributed by atoms with van der Waals surface area (Å²) in [6, 6.07) is 9.99. The van der Waals surface area contributed by atoms with E-state index in [1.807, 2.05) is 6.07 Å². The Balaban J connectivity index is 1.92. The van der Waals surface area contributed by atoms with Gasteiger partial charge in [-0.2, -0.15) is 0 Å². The molecule has 0 bridgehead atoms. The number of hydrogen-bond donors (Lipinski definition) is 1. The summed E-state index contributed by atoms with van der Waals surface area (Å²) in [5, 5.41) is 2.36. The molecule has 0 unspecified atom stereocenters. The quantitative estimate of drug-likeness (QED) is 0.812. The predicted molar refractivity (Wildman–Crippen MR) is 79.6 cm³/mol. The van der Waals surface area contributed by atoms with E-state index in [1.54, 1.807) is 18.2 Å². The van der Waals surface area contributed by atoms with E-state index in [0.29, 0.717) is 5.75 Å². The van der Waals surface area contributed by atoms with Crippen molar-refractivity contribution < 1.29 is 18.3 Å². The first kappa shape index (κ1) is 14.7. The number of rotatable bonds is 4. The molecule has 0 radical (unpaired) electrons. The van der Waals surface area contributed by atoms with Crippen molar-refractivity contribution in [2.24, 2.45) is 0 Å². The molecule has 0 aliphatic heterocycles. The Morgan fingerprint density at radius 1 is 1.15 bits per heavy atom. The number of anilines is 1. The Morgan fingerprint density at radius 3 is 2.50 bits per heavy atom. The molecule has 0 saturated carbocycles. The van der Waals surface area contributed by atoms with Crippen molar-refractivity contribution in [1.29, 1.82) is 0 Å². The molecule has 0 spiro atoms. The Kier molecular flexibility index (Phi) is 4.89. The summed E-state index contributed by atoms with van der Waals surface area (Å²) in [4.78, 5) is 11.6. The van der Waals surface area contributed by atoms with Gasteiger partial charge >= 0.3 is 0 Å². The number of ether oxygens (including phenoxy) is 1. The first-order valence-electron chi connectivity index (χ1n) is 5.67. The van der Waals surface area contributed by atoms with Gasteiger partial charge in [-0.1, -0.05) is 6.07 Å². The minimum atomic E-state index is -0.751. The van der Waals surface area contributed by atoms with Crippen LogP contribution in [0, 0.1) is 15.2 Å². The highest BCUT2D eigenvalue weighted by Crippen LogP contribution is 2.15. The van der Waals surface area contributed by atoms with E-state index in [0.717, 1.165) is 21.8 Å². The minimum absolute atomic E-state index is 0.0544. The molecule has 2 aromatic rings. The van der Waals surface area contributed by atoms with E-state index in [1.165, 1.54) is 0 Å². The summed E-state index contributed by atoms with van der Waals surface area (Å²) < 4.78 is 32.2. The standard InChI is InChI=1S/C14H10F2INO2/c15-9-4-10(16)6-12(5-9)18-14(19)8-20-13-3-1-2-11(17)7-13/h1-7H,8H2,(H,18,19). The van der Waals surface area contributed by atoms with Gasteiger partial charge in [0.25, 0.3) is 5.91 Å². The van der Waals surface area contributed by atoms with Crippen LogP contribution in [-0.4, -0.2) is 12.5 Å². The van der Waals surface area contributed by atoms with Gasteiger partial charge in [-0.25, -0.2) is 8.78 Å². The van der Waals surface area contributed by atoms with Crippen LogP contribution in [0.1, 0.15) is 0 Å². The zero-order valence-electron chi connectivity index (χ0n) is 10.2. The molecule has 0 fully saturated rings. The molecule has 1 amide bonds. The molecule has 0 aromatic heterocycles. The summed E-state index contributed by atoms with van der Waals surface area (Å²) in [6.07, 6.45) is 0. The molecule has 2 aromatic carbocycles. The number of carbonyl (C=O) groups excluding carboxylic acids is 1. The predicted octanol–water partition coefficient (Wildman–Crippen LogP) is 3.59. The summed E-state index contributed by atoms with van der Waals surface area (Å²) in [5.41, 5.74) is 0.0544. The molecule has 6 heteroatoms. The number of benzene rings is 2. The maximum absolute atomic E-state index is 13.0. The summed E-state index contributed by atoms with van der Waals surface area (Å²) >= 11 is 2.12. The maximum Gasteiger partial charge on any atom is 0.262 e. The number of nitrogens with one attached hydrogen (secondary N) is 1. The fourth-order valence-electron chi connectivity index (χ4n) is 1.53. The molecular weight excluding hydrogens is 379 g/mol. The molecule has 0 saturated heterocycles. The molecule has 3 nitrogen and oxygen atoms in total. The van der Waals surface area contributed by atoms with E-state index < -0.39 is 17.5 Å². The smallest absolute Gasteiger partial charge is 0.262 e. The van der Waals surface area contributed by atoms with Crippen molar-refractivity contribution in [3.8, 4) is 5.75 Å². The number of amides is 1. The Hall–Kier alpha value is -1.70. The van der Waals surface area contributed by atoms with Crippen molar-refractivity contribution in [3.63, 3.8) is 0 Å². The van der Waals surface area contributed by atoms with Crippen LogP contribution in [0.15, 0.2) is 42.5 Å². The Morgan fingerprint density at radius 2 is 1.85 bits per heavy atom. The van der Waals surface area contributed by atoms with Crippen LogP contribution in [0.2, 0.25) is 0 Å². The fraction of sp³-hybridized carbons (Fsp3) is 0.0714. The van der Waals surface area contributed by atoms with Gasteiger partial charge in [-0.15, -0.1) is 0 Å². The summed E-state index contributed by atoms with van der Waals surface area (Å²) in [6.45, 7) is -0.238. The second-order valence-corrected chi connectivity index (χ2v) is 5.20. The topological polar surface area (TPSA) is 38.3 Å². The van der Waals surface area contributed by atoms with Gasteiger partial charge in [0, 0.05) is 15.3 Å². The van der Waals surface area contributed by atoms with Crippen LogP contribution in [-0.2, 0) is 4.79 Å². The summed E-state index contributed by atoms with van der Waals surface area (Å²) in [7, 11) is 0. The van der Waals surface area contributed by atoms with Crippen LogP contribution >= 0.6 is 22.6 Å². The summed E-state index contributed by atoms with van der Waals surface area (Å²) in [5.74, 6) is -1.44. The van der Waals surface area contributed by atoms with Crippen molar-refractivity contribution in [1.82, 2.24) is 0 Å². The second kappa shape index (κ2) is 6.65. The lowest BCUT2D eigenvalue weighted by molar-refractivity contribution is -0.118. The van der Waals surface area contributed by atoms with Gasteiger partial charge in [-0.3, -0.25) is 4.79 Å². The SMILES string of the molecule is O=C(COc1cccc(I)c1)Nc1cc(F)cc(F)c1. The lowest BCUT2D eigenvalue weighted by Gasteiger charge is -2.08. The van der Waals surface area contributed by atoms with E-state index >= 15 is 0 Å². The Labute approximate surface area is 128 Å². The lowest BCUT2D eigenvalue weighted by atomic mass is 10.3. The zero-order valence-corrected chi connectivity index (χ0v) is 12.4. The normalized spacial score (nSPS) is 10.2. The minimum Gasteiger partial charge on any atom is -0.484 e. The van der Waals surface area contributed by atoms with E-state index in [4.69, 9.17) is 4.74 Å². The third kappa shape index (κ3) is 4.44. The van der Waals surface area contributed by atoms with Crippen LogP contribution in [0.5, 0.6) is 5.75 Å². The largest absolute Gasteiger partial charge is 0.484 e. The third-order valence-corrected chi connectivity index (χ3v) is 2.98. The highest BCUT2D eigenvalue weighted by atomic mass is 127. The van der Waals surface area contributed by atoms with Gasteiger partial charge in [0.15, 0.2) is 6.61 Å². The monoisotopic (exact) mass is 389 g/mol. The van der Waals surface area contributed by atoms with Gasteiger partial charge in [-0.05, 0) is 52.9 Å². The van der Waals surface area contributed by atoms with Gasteiger partial charge in [0.2, 0.25) is 0 Å². The van der Waals surface area contributed by atoms with Crippen LogP contribution < -0.4 is 10.1 Å². The highest BCUT2D eigenvalue weighted by Gasteiger charge is 2.06. The van der Waals surface area contributed by atoms with Crippen LogP contribution in [0.4, 0.5) is 14.5 Å². The van der Waals surface area contributed by atoms with Crippen molar-refractivity contribution in [2.75, 3.05) is 11.9 Å². The first-order valence-corrected chi connectivity index (χ1v) is 6.75. The molecule has 2 rings (SSSR count). The van der Waals surface area contributed by atoms with Gasteiger partial charge in [0.1, 0.15) is 17.4 Å². The molecule has 20 heavy (non-hydrogen) atoms. The van der Waals surface area contributed by atoms with Crippen molar-refractivity contribution in [2.45, 2.75) is 0 Å². The maximum atomic E-state index is 13.0. The van der Waals surface area contributed by atoms with Gasteiger partial charge in [0.05, 0.1) is 0 Å². The fourth-order valence-corrected chi connectivity index (χ4v) is 2.04. The van der Waals surface area contributed by atoms with E-state index in [-0.39, 0.29) is 12.3 Å². The van der Waals surface area contributed by atoms with Crippen molar-refractivity contribution in [3.05, 3.63) is 57.7 Å². The highest BCUT2D eigenvalue weighted by molar-refractivity contribution is 14.1. The van der Waals surface area contributed by atoms with E-state index in [9.17, 15) is 13.6 Å². The molecule has 0 aliphatic carbocycles. The molecule has 104 valence electrons. The van der Waals surface area contributed by atoms with E-state index in [2.05, 4.69) is 27.9 Å². The molecular formula is C14H10F2INO2. The molecule has 0 aliphatic rings. The number of halogens is 3. The second-order valence-electron chi connectivity index (χ2n) is 3.95. The number of hydrogen-bond acceptors (Lipinski definition) is 2. The van der Waals surface area contributed by atoms with Gasteiger partial charge < -0.3 is 10.1 Å².